The number of halogens is 1. The van der Waals surface area contributed by atoms with E-state index in [1.165, 1.54) is 36.3 Å². The zero-order valence-electron chi connectivity index (χ0n) is 18.3. The SMILES string of the molecule is C=CCN1C(=O)/C(=C\c2ccc(OCC(=O)Nc3ccc(F)cc3)cc2)C(C(=O)OC)=C1C. The van der Waals surface area contributed by atoms with Crippen molar-refractivity contribution in [2.75, 3.05) is 25.6 Å². The minimum Gasteiger partial charge on any atom is -0.484 e. The van der Waals surface area contributed by atoms with Gasteiger partial charge in [0.25, 0.3) is 11.8 Å². The lowest BCUT2D eigenvalue weighted by Gasteiger charge is -2.14. The van der Waals surface area contributed by atoms with E-state index in [4.69, 9.17) is 9.47 Å². The maximum Gasteiger partial charge on any atom is 0.340 e. The molecule has 3 rings (SSSR count). The fourth-order valence-electron chi connectivity index (χ4n) is 3.28. The minimum absolute atomic E-state index is 0.210. The van der Waals surface area contributed by atoms with E-state index in [0.717, 1.165) is 0 Å². The quantitative estimate of drug-likeness (QED) is 0.377. The summed E-state index contributed by atoms with van der Waals surface area (Å²) in [6.07, 6.45) is 3.18. The molecule has 0 atom stereocenters. The van der Waals surface area contributed by atoms with E-state index in [1.54, 1.807) is 43.3 Å². The van der Waals surface area contributed by atoms with Gasteiger partial charge in [0.1, 0.15) is 11.6 Å². The molecule has 8 heteroatoms. The molecule has 2 aromatic carbocycles. The number of ether oxygens (including phenoxy) is 2. The maximum absolute atomic E-state index is 12.9. The van der Waals surface area contributed by atoms with E-state index in [9.17, 15) is 18.8 Å². The first-order chi connectivity index (χ1) is 15.8. The van der Waals surface area contributed by atoms with Crippen molar-refractivity contribution in [1.82, 2.24) is 4.90 Å². The molecule has 7 nitrogen and oxygen atoms in total. The molecule has 0 radical (unpaired) electrons. The van der Waals surface area contributed by atoms with Crippen molar-refractivity contribution in [3.05, 3.63) is 89.4 Å². The van der Waals surface area contributed by atoms with Crippen LogP contribution in [0.4, 0.5) is 10.1 Å². The number of hydrogen-bond donors (Lipinski definition) is 1. The molecular formula is C25H23FN2O5. The van der Waals surface area contributed by atoms with Crippen LogP contribution in [0.1, 0.15) is 12.5 Å². The topological polar surface area (TPSA) is 84.9 Å². The third-order valence-corrected chi connectivity index (χ3v) is 4.90. The Bertz CT molecular complexity index is 1130. The van der Waals surface area contributed by atoms with Crippen LogP contribution in [0.25, 0.3) is 6.08 Å². The van der Waals surface area contributed by atoms with Crippen LogP contribution in [0, 0.1) is 5.82 Å². The third kappa shape index (κ3) is 5.54. The number of hydrogen-bond acceptors (Lipinski definition) is 5. The Morgan fingerprint density at radius 2 is 1.79 bits per heavy atom. The van der Waals surface area contributed by atoms with Gasteiger partial charge in [-0.25, -0.2) is 9.18 Å². The van der Waals surface area contributed by atoms with Gasteiger partial charge in [-0.1, -0.05) is 18.2 Å². The highest BCUT2D eigenvalue weighted by atomic mass is 19.1. The van der Waals surface area contributed by atoms with Gasteiger partial charge in [0.15, 0.2) is 6.61 Å². The summed E-state index contributed by atoms with van der Waals surface area (Å²) in [5.74, 6) is -1.25. The van der Waals surface area contributed by atoms with Crippen molar-refractivity contribution in [3.8, 4) is 5.75 Å². The second-order valence-electron chi connectivity index (χ2n) is 7.13. The van der Waals surface area contributed by atoms with E-state index in [0.29, 0.717) is 22.7 Å². The number of benzene rings is 2. The molecule has 1 aliphatic rings. The molecule has 0 saturated carbocycles. The summed E-state index contributed by atoms with van der Waals surface area (Å²) in [5.41, 5.74) is 2.07. The molecule has 1 aliphatic heterocycles. The molecule has 1 N–H and O–H groups in total. The third-order valence-electron chi connectivity index (χ3n) is 4.90. The van der Waals surface area contributed by atoms with Gasteiger partial charge in [0.05, 0.1) is 18.3 Å². The van der Waals surface area contributed by atoms with E-state index in [2.05, 4.69) is 11.9 Å². The second kappa shape index (κ2) is 10.4. The fraction of sp³-hybridized carbons (Fsp3) is 0.160. The average Bonchev–Trinajstić information content (AvgIpc) is 3.04. The molecule has 0 spiro atoms. The van der Waals surface area contributed by atoms with Crippen LogP contribution in [0.5, 0.6) is 5.75 Å². The first-order valence-corrected chi connectivity index (χ1v) is 10.1. The lowest BCUT2D eigenvalue weighted by atomic mass is 10.0. The number of carbonyl (C=O) groups excluding carboxylic acids is 3. The lowest BCUT2D eigenvalue weighted by Crippen LogP contribution is -2.24. The molecule has 0 aliphatic carbocycles. The Labute approximate surface area is 190 Å². The summed E-state index contributed by atoms with van der Waals surface area (Å²) < 4.78 is 23.3. The van der Waals surface area contributed by atoms with E-state index in [-0.39, 0.29) is 30.2 Å². The highest BCUT2D eigenvalue weighted by molar-refractivity contribution is 6.16. The molecule has 0 unspecified atom stereocenters. The van der Waals surface area contributed by atoms with Crippen LogP contribution in [0.2, 0.25) is 0 Å². The molecule has 2 amide bonds. The van der Waals surface area contributed by atoms with Crippen molar-refractivity contribution >= 4 is 29.5 Å². The number of anilines is 1. The smallest absolute Gasteiger partial charge is 0.340 e. The first-order valence-electron chi connectivity index (χ1n) is 10.1. The largest absolute Gasteiger partial charge is 0.484 e. The Morgan fingerprint density at radius 3 is 2.39 bits per heavy atom. The normalized spacial score (nSPS) is 14.5. The summed E-state index contributed by atoms with van der Waals surface area (Å²) in [5, 5.41) is 2.61. The minimum atomic E-state index is -0.592. The number of allylic oxidation sites excluding steroid dienone is 1. The van der Waals surface area contributed by atoms with Gasteiger partial charge in [0, 0.05) is 17.9 Å². The average molecular weight is 450 g/mol. The van der Waals surface area contributed by atoms with E-state index < -0.39 is 17.7 Å². The van der Waals surface area contributed by atoms with Crippen molar-refractivity contribution in [2.24, 2.45) is 0 Å². The molecule has 0 saturated heterocycles. The first kappa shape index (κ1) is 23.5. The molecule has 33 heavy (non-hydrogen) atoms. The number of carbonyl (C=O) groups is 3. The van der Waals surface area contributed by atoms with Gasteiger partial charge < -0.3 is 19.7 Å². The summed E-state index contributed by atoms with van der Waals surface area (Å²) in [6.45, 7) is 5.37. The lowest BCUT2D eigenvalue weighted by molar-refractivity contribution is -0.136. The van der Waals surface area contributed by atoms with Crippen molar-refractivity contribution in [1.29, 1.82) is 0 Å². The molecule has 0 fully saturated rings. The summed E-state index contributed by atoms with van der Waals surface area (Å²) in [4.78, 5) is 38.6. The molecule has 0 bridgehead atoms. The highest BCUT2D eigenvalue weighted by Crippen LogP contribution is 2.31. The molecule has 2 aromatic rings. The molecule has 1 heterocycles. The second-order valence-corrected chi connectivity index (χ2v) is 7.13. The zero-order chi connectivity index (χ0) is 24.0. The van der Waals surface area contributed by atoms with Gasteiger partial charge in [0.2, 0.25) is 0 Å². The van der Waals surface area contributed by atoms with Crippen molar-refractivity contribution < 1.29 is 28.2 Å². The van der Waals surface area contributed by atoms with Crippen LogP contribution in [-0.4, -0.2) is 42.9 Å². The number of amides is 2. The van der Waals surface area contributed by atoms with Crippen LogP contribution >= 0.6 is 0 Å². The molecular weight excluding hydrogens is 427 g/mol. The number of methoxy groups -OCH3 is 1. The highest BCUT2D eigenvalue weighted by Gasteiger charge is 2.36. The van der Waals surface area contributed by atoms with Crippen LogP contribution in [0.15, 0.2) is 78.0 Å². The zero-order valence-corrected chi connectivity index (χ0v) is 18.3. The van der Waals surface area contributed by atoms with Crippen LogP contribution in [0.3, 0.4) is 0 Å². The summed E-state index contributed by atoms with van der Waals surface area (Å²) >= 11 is 0. The van der Waals surface area contributed by atoms with Gasteiger partial charge in [-0.15, -0.1) is 6.58 Å². The van der Waals surface area contributed by atoms with Crippen molar-refractivity contribution in [2.45, 2.75) is 6.92 Å². The van der Waals surface area contributed by atoms with E-state index in [1.807, 2.05) is 0 Å². The summed E-state index contributed by atoms with van der Waals surface area (Å²) in [6, 6.07) is 12.1. The predicted octanol–water partition coefficient (Wildman–Crippen LogP) is 3.70. The number of nitrogens with zero attached hydrogens (tertiary/aromatic N) is 1. The Hall–Kier alpha value is -4.20. The number of nitrogens with one attached hydrogen (secondary N) is 1. The monoisotopic (exact) mass is 450 g/mol. The van der Waals surface area contributed by atoms with Crippen LogP contribution in [-0.2, 0) is 19.1 Å². The fourth-order valence-corrected chi connectivity index (χ4v) is 3.28. The Morgan fingerprint density at radius 1 is 1.12 bits per heavy atom. The number of esters is 1. The predicted molar refractivity (Wildman–Crippen MR) is 122 cm³/mol. The molecule has 0 aromatic heterocycles. The van der Waals surface area contributed by atoms with Gasteiger partial charge in [-0.3, -0.25) is 9.59 Å². The van der Waals surface area contributed by atoms with E-state index >= 15 is 0 Å². The van der Waals surface area contributed by atoms with Gasteiger partial charge in [-0.2, -0.15) is 0 Å². The Balaban J connectivity index is 1.69. The van der Waals surface area contributed by atoms with Gasteiger partial charge in [-0.05, 0) is 55.0 Å². The maximum atomic E-state index is 12.9. The Kier molecular flexibility index (Phi) is 7.40. The standard InChI is InChI=1S/C25H23FN2O5/c1-4-13-28-16(2)23(25(31)32-3)21(24(28)30)14-17-5-11-20(12-6-17)33-15-22(29)27-19-9-7-18(26)8-10-19/h4-12,14H,1,13,15H2,2-3H3,(H,27,29)/b21-14-. The van der Waals surface area contributed by atoms with Gasteiger partial charge >= 0.3 is 5.97 Å². The van der Waals surface area contributed by atoms with Crippen LogP contribution < -0.4 is 10.1 Å². The number of rotatable bonds is 8. The molecule has 170 valence electrons. The summed E-state index contributed by atoms with van der Waals surface area (Å²) in [7, 11) is 1.26. The van der Waals surface area contributed by atoms with Crippen molar-refractivity contribution in [3.63, 3.8) is 0 Å².